The largest absolute Gasteiger partial charge is 0.496 e. The monoisotopic (exact) mass is 308 g/mol. The van der Waals surface area contributed by atoms with Crippen molar-refractivity contribution in [2.24, 2.45) is 0 Å². The van der Waals surface area contributed by atoms with Gasteiger partial charge in [-0.3, -0.25) is 4.79 Å². The molecule has 0 radical (unpaired) electrons. The van der Waals surface area contributed by atoms with Crippen LogP contribution in [0.4, 0.5) is 5.69 Å². The lowest BCUT2D eigenvalue weighted by atomic mass is 10.2. The quantitative estimate of drug-likeness (QED) is 0.810. The van der Waals surface area contributed by atoms with Crippen LogP contribution in [0.3, 0.4) is 0 Å². The van der Waals surface area contributed by atoms with Gasteiger partial charge in [0.2, 0.25) is 0 Å². The summed E-state index contributed by atoms with van der Waals surface area (Å²) in [6.07, 6.45) is 0. The second-order valence-electron chi connectivity index (χ2n) is 4.34. The van der Waals surface area contributed by atoms with E-state index in [1.807, 2.05) is 0 Å². The summed E-state index contributed by atoms with van der Waals surface area (Å²) in [6.45, 7) is 1.70. The minimum Gasteiger partial charge on any atom is -0.496 e. The number of amides is 1. The summed E-state index contributed by atoms with van der Waals surface area (Å²) >= 11 is 5.87. The fourth-order valence-corrected chi connectivity index (χ4v) is 2.08. The molecule has 110 valence electrons. The molecule has 1 amide bonds. The van der Waals surface area contributed by atoms with Crippen LogP contribution in [-0.4, -0.2) is 29.1 Å². The van der Waals surface area contributed by atoms with E-state index in [0.717, 1.165) is 0 Å². The fourth-order valence-electron chi connectivity index (χ4n) is 1.90. The number of carboxylic acid groups (broad SMARTS) is 1. The molecular formula is C14H13ClN2O4. The standard InChI is InChI=1S/C14H13ClN2O4/c1-7-5-10(12(16-7)14(19)20)17-13(18)9-6-8(15)3-4-11(9)21-2/h3-6,16H,1-2H3,(H,17,18)(H,19,20). The zero-order valence-electron chi connectivity index (χ0n) is 11.4. The average molecular weight is 309 g/mol. The highest BCUT2D eigenvalue weighted by molar-refractivity contribution is 6.31. The maximum atomic E-state index is 12.3. The van der Waals surface area contributed by atoms with Crippen LogP contribution in [0.15, 0.2) is 24.3 Å². The number of carbonyl (C=O) groups excluding carboxylic acids is 1. The van der Waals surface area contributed by atoms with Gasteiger partial charge in [0.05, 0.1) is 18.4 Å². The number of halogens is 1. The highest BCUT2D eigenvalue weighted by Gasteiger charge is 2.18. The number of rotatable bonds is 4. The molecule has 3 N–H and O–H groups in total. The molecule has 0 saturated heterocycles. The van der Waals surface area contributed by atoms with Gasteiger partial charge in [0.25, 0.3) is 5.91 Å². The molecular weight excluding hydrogens is 296 g/mol. The van der Waals surface area contributed by atoms with Crippen LogP contribution >= 0.6 is 11.6 Å². The summed E-state index contributed by atoms with van der Waals surface area (Å²) in [7, 11) is 1.43. The molecule has 1 heterocycles. The Morgan fingerprint density at radius 1 is 1.33 bits per heavy atom. The third-order valence-corrected chi connectivity index (χ3v) is 3.06. The third kappa shape index (κ3) is 3.17. The molecule has 2 rings (SSSR count). The van der Waals surface area contributed by atoms with E-state index in [-0.39, 0.29) is 16.9 Å². The van der Waals surface area contributed by atoms with Crippen LogP contribution in [0.25, 0.3) is 0 Å². The van der Waals surface area contributed by atoms with E-state index in [1.54, 1.807) is 25.1 Å². The first-order valence-corrected chi connectivity index (χ1v) is 6.38. The molecule has 0 fully saturated rings. The maximum absolute atomic E-state index is 12.3. The van der Waals surface area contributed by atoms with Crippen LogP contribution in [0.5, 0.6) is 5.75 Å². The number of benzene rings is 1. The minimum absolute atomic E-state index is 0.0816. The maximum Gasteiger partial charge on any atom is 0.354 e. The number of aromatic amines is 1. The van der Waals surface area contributed by atoms with E-state index >= 15 is 0 Å². The van der Waals surface area contributed by atoms with Crippen LogP contribution < -0.4 is 10.1 Å². The summed E-state index contributed by atoms with van der Waals surface area (Å²) < 4.78 is 5.10. The van der Waals surface area contributed by atoms with Crippen molar-refractivity contribution in [2.75, 3.05) is 12.4 Å². The summed E-state index contributed by atoms with van der Waals surface area (Å²) in [5.74, 6) is -1.31. The van der Waals surface area contributed by atoms with E-state index in [2.05, 4.69) is 10.3 Å². The smallest absolute Gasteiger partial charge is 0.354 e. The first-order valence-electron chi connectivity index (χ1n) is 6.00. The highest BCUT2D eigenvalue weighted by Crippen LogP contribution is 2.25. The number of methoxy groups -OCH3 is 1. The van der Waals surface area contributed by atoms with Gasteiger partial charge in [0.15, 0.2) is 0 Å². The molecule has 0 saturated carbocycles. The van der Waals surface area contributed by atoms with E-state index in [4.69, 9.17) is 21.4 Å². The van der Waals surface area contributed by atoms with Crippen molar-refractivity contribution in [2.45, 2.75) is 6.92 Å². The second kappa shape index (κ2) is 5.88. The molecule has 21 heavy (non-hydrogen) atoms. The van der Waals surface area contributed by atoms with Gasteiger partial charge >= 0.3 is 5.97 Å². The van der Waals surface area contributed by atoms with Gasteiger partial charge in [-0.2, -0.15) is 0 Å². The van der Waals surface area contributed by atoms with Gasteiger partial charge in [-0.05, 0) is 31.2 Å². The highest BCUT2D eigenvalue weighted by atomic mass is 35.5. The van der Waals surface area contributed by atoms with Crippen molar-refractivity contribution in [3.63, 3.8) is 0 Å². The SMILES string of the molecule is COc1ccc(Cl)cc1C(=O)Nc1cc(C)[nH]c1C(=O)O. The lowest BCUT2D eigenvalue weighted by Gasteiger charge is -2.09. The second-order valence-corrected chi connectivity index (χ2v) is 4.78. The number of hydrogen-bond acceptors (Lipinski definition) is 3. The Balaban J connectivity index is 2.34. The van der Waals surface area contributed by atoms with Crippen molar-refractivity contribution in [1.82, 2.24) is 4.98 Å². The molecule has 7 heteroatoms. The number of aromatic carboxylic acids is 1. The number of anilines is 1. The third-order valence-electron chi connectivity index (χ3n) is 2.82. The minimum atomic E-state index is -1.16. The molecule has 0 aliphatic heterocycles. The number of nitrogens with one attached hydrogen (secondary N) is 2. The van der Waals surface area contributed by atoms with E-state index in [0.29, 0.717) is 16.5 Å². The number of hydrogen-bond donors (Lipinski definition) is 3. The Morgan fingerprint density at radius 3 is 2.67 bits per heavy atom. The number of aryl methyl sites for hydroxylation is 1. The van der Waals surface area contributed by atoms with Gasteiger partial charge in [-0.1, -0.05) is 11.6 Å². The first kappa shape index (κ1) is 14.9. The van der Waals surface area contributed by atoms with Crippen LogP contribution in [-0.2, 0) is 0 Å². The predicted octanol–water partition coefficient (Wildman–Crippen LogP) is 2.94. The number of carbonyl (C=O) groups is 2. The van der Waals surface area contributed by atoms with Gasteiger partial charge in [0, 0.05) is 10.7 Å². The van der Waals surface area contributed by atoms with Crippen LogP contribution in [0.2, 0.25) is 5.02 Å². The molecule has 1 aromatic heterocycles. The van der Waals surface area contributed by atoms with Gasteiger partial charge < -0.3 is 20.1 Å². The fraction of sp³-hybridized carbons (Fsp3) is 0.143. The normalized spacial score (nSPS) is 10.2. The van der Waals surface area contributed by atoms with Crippen molar-refractivity contribution in [3.05, 3.63) is 46.2 Å². The molecule has 0 aliphatic rings. The van der Waals surface area contributed by atoms with Crippen molar-refractivity contribution in [1.29, 1.82) is 0 Å². The number of carboxylic acids is 1. The Labute approximate surface area is 125 Å². The molecule has 6 nitrogen and oxygen atoms in total. The Hall–Kier alpha value is -2.47. The Morgan fingerprint density at radius 2 is 2.05 bits per heavy atom. The van der Waals surface area contributed by atoms with Gasteiger partial charge in [0.1, 0.15) is 11.4 Å². The van der Waals surface area contributed by atoms with Gasteiger partial charge in [-0.25, -0.2) is 4.79 Å². The average Bonchev–Trinajstić information content (AvgIpc) is 2.79. The molecule has 1 aromatic carbocycles. The molecule has 2 aromatic rings. The van der Waals surface area contributed by atoms with Crippen molar-refractivity contribution < 1.29 is 19.4 Å². The summed E-state index contributed by atoms with van der Waals surface area (Å²) in [6, 6.07) is 6.16. The molecule has 0 atom stereocenters. The molecule has 0 unspecified atom stereocenters. The lowest BCUT2D eigenvalue weighted by molar-refractivity contribution is 0.0692. The lowest BCUT2D eigenvalue weighted by Crippen LogP contribution is -2.15. The summed E-state index contributed by atoms with van der Waals surface area (Å²) in [4.78, 5) is 26.0. The van der Waals surface area contributed by atoms with E-state index in [1.165, 1.54) is 13.2 Å². The first-order chi connectivity index (χ1) is 9.92. The van der Waals surface area contributed by atoms with Crippen LogP contribution in [0, 0.1) is 6.92 Å². The number of ether oxygens (including phenoxy) is 1. The zero-order valence-corrected chi connectivity index (χ0v) is 12.1. The van der Waals surface area contributed by atoms with Crippen LogP contribution in [0.1, 0.15) is 26.5 Å². The Kier molecular flexibility index (Phi) is 4.18. The predicted molar refractivity (Wildman–Crippen MR) is 78.4 cm³/mol. The zero-order chi connectivity index (χ0) is 15.6. The topological polar surface area (TPSA) is 91.4 Å². The number of H-pyrrole nitrogens is 1. The number of aromatic nitrogens is 1. The van der Waals surface area contributed by atoms with E-state index in [9.17, 15) is 9.59 Å². The Bertz CT molecular complexity index is 709. The van der Waals surface area contributed by atoms with Crippen molar-refractivity contribution >= 4 is 29.2 Å². The van der Waals surface area contributed by atoms with Crippen molar-refractivity contribution in [3.8, 4) is 5.75 Å². The molecule has 0 bridgehead atoms. The summed E-state index contributed by atoms with van der Waals surface area (Å²) in [5.41, 5.74) is 0.954. The summed E-state index contributed by atoms with van der Waals surface area (Å²) in [5, 5.41) is 12.0. The molecule has 0 spiro atoms. The van der Waals surface area contributed by atoms with Gasteiger partial charge in [-0.15, -0.1) is 0 Å². The van der Waals surface area contributed by atoms with E-state index < -0.39 is 11.9 Å². The molecule has 0 aliphatic carbocycles.